The van der Waals surface area contributed by atoms with Crippen LogP contribution in [0.15, 0.2) is 28.8 Å². The van der Waals surface area contributed by atoms with E-state index in [2.05, 4.69) is 10.1 Å². The van der Waals surface area contributed by atoms with Crippen LogP contribution in [0.1, 0.15) is 58.1 Å². The van der Waals surface area contributed by atoms with E-state index in [0.717, 1.165) is 0 Å². The molecule has 4 rings (SSSR count). The smallest absolute Gasteiger partial charge is 0.261 e. The van der Waals surface area contributed by atoms with Gasteiger partial charge >= 0.3 is 0 Å². The highest BCUT2D eigenvalue weighted by Gasteiger charge is 2.46. The van der Waals surface area contributed by atoms with Gasteiger partial charge in [0, 0.05) is 18.4 Å². The first-order valence-electron chi connectivity index (χ1n) is 7.48. The van der Waals surface area contributed by atoms with Crippen molar-refractivity contribution in [1.82, 2.24) is 15.0 Å². The third-order valence-corrected chi connectivity index (χ3v) is 4.46. The first kappa shape index (κ1) is 13.2. The Morgan fingerprint density at radius 3 is 2.36 bits per heavy atom. The molecule has 0 atom stereocenters. The van der Waals surface area contributed by atoms with Gasteiger partial charge in [-0.15, -0.1) is 0 Å². The average molecular weight is 297 g/mol. The van der Waals surface area contributed by atoms with E-state index in [-0.39, 0.29) is 23.8 Å². The van der Waals surface area contributed by atoms with Crippen molar-refractivity contribution in [3.05, 3.63) is 47.1 Å². The van der Waals surface area contributed by atoms with E-state index in [1.165, 1.54) is 4.90 Å². The molecule has 0 bridgehead atoms. The van der Waals surface area contributed by atoms with Gasteiger partial charge in [0.2, 0.25) is 5.89 Å². The highest BCUT2D eigenvalue weighted by Crippen LogP contribution is 2.41. The molecule has 0 radical (unpaired) electrons. The molecule has 0 N–H and O–H groups in total. The number of hydrogen-bond acceptors (Lipinski definition) is 5. The molecule has 1 fully saturated rings. The van der Waals surface area contributed by atoms with Crippen molar-refractivity contribution in [2.45, 2.75) is 38.1 Å². The van der Waals surface area contributed by atoms with Gasteiger partial charge in [-0.3, -0.25) is 14.5 Å². The molecule has 1 aliphatic carbocycles. The summed E-state index contributed by atoms with van der Waals surface area (Å²) in [7, 11) is 0. The highest BCUT2D eigenvalue weighted by molar-refractivity contribution is 6.21. The first-order valence-corrected chi connectivity index (χ1v) is 7.48. The summed E-state index contributed by atoms with van der Waals surface area (Å²) in [6.07, 6.45) is 2.11. The van der Waals surface area contributed by atoms with Gasteiger partial charge in [-0.25, -0.2) is 0 Å². The summed E-state index contributed by atoms with van der Waals surface area (Å²) >= 11 is 0. The van der Waals surface area contributed by atoms with Crippen molar-refractivity contribution in [1.29, 1.82) is 0 Å². The minimum absolute atomic E-state index is 0.0685. The quantitative estimate of drug-likeness (QED) is 0.811. The van der Waals surface area contributed by atoms with E-state index in [4.69, 9.17) is 4.52 Å². The minimum Gasteiger partial charge on any atom is -0.339 e. The van der Waals surface area contributed by atoms with Crippen LogP contribution in [0, 0.1) is 0 Å². The number of amides is 2. The minimum atomic E-state index is -0.189. The molecule has 0 saturated heterocycles. The number of carbonyl (C=O) groups is 2. The van der Waals surface area contributed by atoms with Gasteiger partial charge in [-0.2, -0.15) is 4.98 Å². The number of benzene rings is 1. The molecule has 1 aromatic heterocycles. The zero-order valence-corrected chi connectivity index (χ0v) is 12.2. The van der Waals surface area contributed by atoms with Gasteiger partial charge in [0.1, 0.15) is 0 Å². The molecule has 6 heteroatoms. The van der Waals surface area contributed by atoms with Crippen LogP contribution in [0.5, 0.6) is 0 Å². The van der Waals surface area contributed by atoms with Crippen molar-refractivity contribution in [2.75, 3.05) is 0 Å². The Morgan fingerprint density at radius 1 is 1.18 bits per heavy atom. The lowest BCUT2D eigenvalue weighted by atomic mass is 9.79. The van der Waals surface area contributed by atoms with Crippen molar-refractivity contribution in [3.8, 4) is 0 Å². The number of hydrogen-bond donors (Lipinski definition) is 0. The molecular weight excluding hydrogens is 282 g/mol. The summed E-state index contributed by atoms with van der Waals surface area (Å²) in [6, 6.07) is 6.91. The molecule has 0 spiro atoms. The summed E-state index contributed by atoms with van der Waals surface area (Å²) in [6.45, 7) is 1.96. The van der Waals surface area contributed by atoms with Crippen molar-refractivity contribution in [3.63, 3.8) is 0 Å². The maximum Gasteiger partial charge on any atom is 0.261 e. The Hall–Kier alpha value is -2.50. The fraction of sp³-hybridized carbons (Fsp3) is 0.375. The largest absolute Gasteiger partial charge is 0.339 e. The number of fused-ring (bicyclic) bond motifs is 1. The van der Waals surface area contributed by atoms with Crippen molar-refractivity contribution < 1.29 is 14.1 Å². The summed E-state index contributed by atoms with van der Waals surface area (Å²) in [5, 5.41) is 3.97. The van der Waals surface area contributed by atoms with Crippen LogP contribution in [0.3, 0.4) is 0 Å². The van der Waals surface area contributed by atoms with Crippen LogP contribution in [-0.4, -0.2) is 32.9 Å². The van der Waals surface area contributed by atoms with Crippen LogP contribution in [0.25, 0.3) is 0 Å². The summed E-state index contributed by atoms with van der Waals surface area (Å²) in [4.78, 5) is 30.5. The van der Waals surface area contributed by atoms with E-state index in [1.54, 1.807) is 24.3 Å². The first-order chi connectivity index (χ1) is 10.7. The van der Waals surface area contributed by atoms with Crippen LogP contribution >= 0.6 is 0 Å². The Balaban J connectivity index is 1.50. The molecule has 1 saturated carbocycles. The second kappa shape index (κ2) is 4.76. The molecule has 2 heterocycles. The summed E-state index contributed by atoms with van der Waals surface area (Å²) in [5.74, 6) is 1.10. The summed E-state index contributed by atoms with van der Waals surface area (Å²) in [5.41, 5.74) is 1.01. The normalized spacial score (nSPS) is 23.6. The SMILES string of the molecule is CCc1nc(C2CC(N3C(=O)c4ccccc4C3=O)C2)no1. The maximum atomic E-state index is 12.4. The molecule has 0 unspecified atom stereocenters. The van der Waals surface area contributed by atoms with E-state index < -0.39 is 0 Å². The Kier molecular flexibility index (Phi) is 2.85. The van der Waals surface area contributed by atoms with Crippen molar-refractivity contribution >= 4 is 11.8 Å². The highest BCUT2D eigenvalue weighted by atomic mass is 16.5. The van der Waals surface area contributed by atoms with E-state index in [0.29, 0.717) is 42.1 Å². The third kappa shape index (κ3) is 1.80. The number of carbonyl (C=O) groups excluding carboxylic acids is 2. The number of aryl methyl sites for hydroxylation is 1. The predicted octanol–water partition coefficient (Wildman–Crippen LogP) is 2.17. The van der Waals surface area contributed by atoms with Crippen molar-refractivity contribution in [2.24, 2.45) is 0 Å². The summed E-state index contributed by atoms with van der Waals surface area (Å²) < 4.78 is 5.12. The number of aromatic nitrogens is 2. The van der Waals surface area contributed by atoms with Gasteiger partial charge in [-0.05, 0) is 25.0 Å². The molecule has 2 aliphatic rings. The molecule has 1 aromatic carbocycles. The zero-order valence-electron chi connectivity index (χ0n) is 12.2. The fourth-order valence-electron chi connectivity index (χ4n) is 3.13. The van der Waals surface area contributed by atoms with Gasteiger partial charge in [-0.1, -0.05) is 24.2 Å². The second-order valence-corrected chi connectivity index (χ2v) is 5.75. The average Bonchev–Trinajstić information content (AvgIpc) is 3.05. The number of nitrogens with zero attached hydrogens (tertiary/aromatic N) is 3. The molecule has 1 aliphatic heterocycles. The lowest BCUT2D eigenvalue weighted by Crippen LogP contribution is -2.47. The second-order valence-electron chi connectivity index (χ2n) is 5.75. The third-order valence-electron chi connectivity index (χ3n) is 4.46. The van der Waals surface area contributed by atoms with Gasteiger partial charge in [0.25, 0.3) is 11.8 Å². The van der Waals surface area contributed by atoms with Crippen LogP contribution in [-0.2, 0) is 6.42 Å². The maximum absolute atomic E-state index is 12.4. The lowest BCUT2D eigenvalue weighted by Gasteiger charge is -2.38. The van der Waals surface area contributed by atoms with Gasteiger partial charge < -0.3 is 4.52 Å². The van der Waals surface area contributed by atoms with Gasteiger partial charge in [0.15, 0.2) is 5.82 Å². The Labute approximate surface area is 127 Å². The van der Waals surface area contributed by atoms with Crippen LogP contribution in [0.2, 0.25) is 0 Å². The van der Waals surface area contributed by atoms with E-state index in [1.807, 2.05) is 6.92 Å². The number of rotatable bonds is 3. The van der Waals surface area contributed by atoms with Crippen LogP contribution < -0.4 is 0 Å². The fourth-order valence-corrected chi connectivity index (χ4v) is 3.13. The predicted molar refractivity (Wildman–Crippen MR) is 76.4 cm³/mol. The van der Waals surface area contributed by atoms with Crippen LogP contribution in [0.4, 0.5) is 0 Å². The monoisotopic (exact) mass is 297 g/mol. The molecule has 2 amide bonds. The standard InChI is InChI=1S/C16H15N3O3/c1-2-13-17-14(18-22-13)9-7-10(8-9)19-15(20)11-5-3-4-6-12(11)16(19)21/h3-6,9-10H,2,7-8H2,1H3. The van der Waals surface area contributed by atoms with E-state index in [9.17, 15) is 9.59 Å². The number of imide groups is 1. The molecule has 2 aromatic rings. The Morgan fingerprint density at radius 2 is 1.82 bits per heavy atom. The Bertz CT molecular complexity index is 727. The molecule has 112 valence electrons. The van der Waals surface area contributed by atoms with E-state index >= 15 is 0 Å². The molecule has 6 nitrogen and oxygen atoms in total. The zero-order chi connectivity index (χ0) is 15.3. The molecule has 22 heavy (non-hydrogen) atoms. The lowest BCUT2D eigenvalue weighted by molar-refractivity contribution is 0.0472. The van der Waals surface area contributed by atoms with Gasteiger partial charge in [0.05, 0.1) is 11.1 Å². The topological polar surface area (TPSA) is 76.3 Å². The molecular formula is C16H15N3O3.